The SMILES string of the molecule is CN(C)C1C(F)CC(C2NNN(C3C[C@H]4C(=O)N[C@@]5(C(=O)O)C[C@H]5/C=C\CCCCC[C@@H](NC(=O)OC(C)(C)C)C(=O)N4C3)N2)CC1F. The Morgan fingerprint density at radius 1 is 1.10 bits per heavy atom. The van der Waals surface area contributed by atoms with Gasteiger partial charge >= 0.3 is 12.1 Å². The number of allylic oxidation sites excluding steroid dienone is 1. The standard InChI is InChI=1S/C32H52F2N8O6/c1-31(2,3)48-30(47)35-23-12-10-8-6-7-9-11-19-16-32(19,29(45)46)36-27(43)24-15-20(17-41(24)28(23)44)42-38-26(37-39-42)18-13-21(33)25(40(4)5)22(34)14-18/h9,11,18-26,37-39H,6-8,10,12-17H2,1-5H3,(H,35,47)(H,36,43)(H,45,46)/b11-9-/t18?,19-,20?,21?,22?,23-,24+,25?,26?,32+/m1/s1. The fourth-order valence-electron chi connectivity index (χ4n) is 7.59. The van der Waals surface area contributed by atoms with Gasteiger partial charge in [-0.1, -0.05) is 25.0 Å². The molecule has 3 amide bonds. The first-order valence-corrected chi connectivity index (χ1v) is 17.1. The highest BCUT2D eigenvalue weighted by Gasteiger charge is 2.61. The smallest absolute Gasteiger partial charge is 0.408 e. The Hall–Kier alpha value is -2.92. The molecule has 0 aromatic heterocycles. The van der Waals surface area contributed by atoms with Crippen molar-refractivity contribution < 1.29 is 37.8 Å². The van der Waals surface area contributed by atoms with E-state index in [1.807, 2.05) is 12.2 Å². The van der Waals surface area contributed by atoms with Crippen LogP contribution >= 0.6 is 0 Å². The van der Waals surface area contributed by atoms with Gasteiger partial charge in [0.25, 0.3) is 0 Å². The van der Waals surface area contributed by atoms with Gasteiger partial charge in [-0.2, -0.15) is 10.7 Å². The van der Waals surface area contributed by atoms with Gasteiger partial charge in [-0.3, -0.25) is 9.59 Å². The second kappa shape index (κ2) is 14.5. The Morgan fingerprint density at radius 3 is 2.46 bits per heavy atom. The van der Waals surface area contributed by atoms with E-state index in [2.05, 4.69) is 27.0 Å². The van der Waals surface area contributed by atoms with E-state index < -0.39 is 77.7 Å². The number of aliphatic carboxylic acids is 1. The molecule has 5 aliphatic rings. The maximum Gasteiger partial charge on any atom is 0.408 e. The number of halogens is 2. The van der Waals surface area contributed by atoms with Crippen LogP contribution in [0.2, 0.25) is 0 Å². The predicted octanol–water partition coefficient (Wildman–Crippen LogP) is 1.50. The summed E-state index contributed by atoms with van der Waals surface area (Å²) in [7, 11) is 3.33. The molecule has 14 nitrogen and oxygen atoms in total. The molecular weight excluding hydrogens is 630 g/mol. The Morgan fingerprint density at radius 2 is 1.81 bits per heavy atom. The summed E-state index contributed by atoms with van der Waals surface area (Å²) in [6, 6.07) is -3.32. The molecule has 0 radical (unpaired) electrons. The van der Waals surface area contributed by atoms with Gasteiger partial charge in [-0.15, -0.1) is 0 Å². The molecule has 0 spiro atoms. The Labute approximate surface area is 280 Å². The minimum Gasteiger partial charge on any atom is -0.479 e. The largest absolute Gasteiger partial charge is 0.479 e. The highest BCUT2D eigenvalue weighted by molar-refractivity contribution is 5.96. The first-order chi connectivity index (χ1) is 22.6. The van der Waals surface area contributed by atoms with Gasteiger partial charge in [-0.25, -0.2) is 29.2 Å². The number of fused-ring (bicyclic) bond motifs is 2. The average molecular weight is 683 g/mol. The molecule has 0 aromatic rings. The first-order valence-electron chi connectivity index (χ1n) is 17.1. The summed E-state index contributed by atoms with van der Waals surface area (Å²) in [6.45, 7) is 5.23. The second-order valence-electron chi connectivity index (χ2n) is 15.2. The molecule has 270 valence electrons. The summed E-state index contributed by atoms with van der Waals surface area (Å²) < 4.78 is 35.5. The third-order valence-electron chi connectivity index (χ3n) is 10.2. The minimum atomic E-state index is -1.46. The van der Waals surface area contributed by atoms with Crippen LogP contribution in [0.25, 0.3) is 0 Å². The number of nitrogens with zero attached hydrogens (tertiary/aromatic N) is 3. The number of rotatable bonds is 5. The van der Waals surface area contributed by atoms with Gasteiger partial charge in [0.2, 0.25) is 11.8 Å². The van der Waals surface area contributed by atoms with E-state index in [9.17, 15) is 24.3 Å². The molecule has 4 fully saturated rings. The van der Waals surface area contributed by atoms with Crippen molar-refractivity contribution in [2.45, 2.75) is 132 Å². The van der Waals surface area contributed by atoms with E-state index in [1.54, 1.807) is 44.9 Å². The zero-order chi connectivity index (χ0) is 35.0. The minimum absolute atomic E-state index is 0.0616. The summed E-state index contributed by atoms with van der Waals surface area (Å²) in [5.41, 5.74) is 7.08. The van der Waals surface area contributed by atoms with Crippen molar-refractivity contribution in [3.05, 3.63) is 12.2 Å². The number of hydrogen-bond donors (Lipinski definition) is 6. The summed E-state index contributed by atoms with van der Waals surface area (Å²) in [5.74, 6) is -2.94. The van der Waals surface area contributed by atoms with Crippen LogP contribution in [-0.2, 0) is 19.1 Å². The van der Waals surface area contributed by atoms with Crippen LogP contribution in [0.1, 0.15) is 78.6 Å². The maximum atomic E-state index is 15.0. The number of nitrogens with one attached hydrogen (secondary N) is 5. The molecule has 0 bridgehead atoms. The van der Waals surface area contributed by atoms with Crippen molar-refractivity contribution in [1.82, 2.24) is 41.9 Å². The predicted molar refractivity (Wildman–Crippen MR) is 171 cm³/mol. The average Bonchev–Trinajstić information content (AvgIpc) is 3.30. The summed E-state index contributed by atoms with van der Waals surface area (Å²) >= 11 is 0. The van der Waals surface area contributed by atoms with Crippen LogP contribution in [0.3, 0.4) is 0 Å². The van der Waals surface area contributed by atoms with Gasteiger partial charge in [0, 0.05) is 12.5 Å². The topological polar surface area (TPSA) is 168 Å². The number of hydrogen-bond acceptors (Lipinski definition) is 10. The van der Waals surface area contributed by atoms with Crippen molar-refractivity contribution in [1.29, 1.82) is 0 Å². The molecule has 4 unspecified atom stereocenters. The second-order valence-corrected chi connectivity index (χ2v) is 15.2. The number of amides is 3. The van der Waals surface area contributed by atoms with Crippen molar-refractivity contribution >= 4 is 23.9 Å². The number of alkyl carbamates (subject to hydrolysis) is 1. The molecule has 3 aliphatic heterocycles. The quantitative estimate of drug-likeness (QED) is 0.233. The fourth-order valence-corrected chi connectivity index (χ4v) is 7.59. The van der Waals surface area contributed by atoms with Crippen LogP contribution in [-0.4, -0.2) is 118 Å². The highest BCUT2D eigenvalue weighted by atomic mass is 19.1. The zero-order valence-corrected chi connectivity index (χ0v) is 28.5. The van der Waals surface area contributed by atoms with Crippen molar-refractivity contribution in [3.8, 4) is 0 Å². The van der Waals surface area contributed by atoms with Crippen LogP contribution < -0.4 is 27.0 Å². The highest BCUT2D eigenvalue weighted by Crippen LogP contribution is 2.45. The van der Waals surface area contributed by atoms with Crippen molar-refractivity contribution in [3.63, 3.8) is 0 Å². The monoisotopic (exact) mass is 682 g/mol. The Bertz CT molecular complexity index is 1240. The van der Waals surface area contributed by atoms with Crippen LogP contribution in [0.4, 0.5) is 13.6 Å². The molecule has 48 heavy (non-hydrogen) atoms. The molecule has 2 saturated heterocycles. The zero-order valence-electron chi connectivity index (χ0n) is 28.5. The lowest BCUT2D eigenvalue weighted by molar-refractivity contribution is -0.145. The van der Waals surface area contributed by atoms with E-state index in [4.69, 9.17) is 4.74 Å². The molecule has 2 saturated carbocycles. The number of carboxylic acid groups (broad SMARTS) is 1. The summed E-state index contributed by atoms with van der Waals surface area (Å²) in [6.07, 6.45) is 3.80. The molecule has 6 N–H and O–H groups in total. The number of alkyl halides is 2. The van der Waals surface area contributed by atoms with Crippen LogP contribution in [0.5, 0.6) is 0 Å². The van der Waals surface area contributed by atoms with Crippen LogP contribution in [0, 0.1) is 11.8 Å². The lowest BCUT2D eigenvalue weighted by Gasteiger charge is -2.39. The normalized spacial score (nSPS) is 39.1. The number of carbonyl (C=O) groups is 4. The summed E-state index contributed by atoms with van der Waals surface area (Å²) in [4.78, 5) is 56.3. The van der Waals surface area contributed by atoms with Gasteiger partial charge in [0.05, 0.1) is 18.2 Å². The lowest BCUT2D eigenvalue weighted by Crippen LogP contribution is -2.56. The number of carbonyl (C=O) groups excluding carboxylic acids is 3. The van der Waals surface area contributed by atoms with E-state index in [0.717, 1.165) is 19.3 Å². The lowest BCUT2D eigenvalue weighted by atomic mass is 9.81. The molecule has 3 heterocycles. The number of hydrazine groups is 3. The van der Waals surface area contributed by atoms with E-state index >= 15 is 8.78 Å². The van der Waals surface area contributed by atoms with Gasteiger partial charge in [0.15, 0.2) is 0 Å². The van der Waals surface area contributed by atoms with Crippen molar-refractivity contribution in [2.75, 3.05) is 20.6 Å². The molecule has 16 heteroatoms. The molecular formula is C32H52F2N8O6. The number of carboxylic acids is 1. The first kappa shape index (κ1) is 36.4. The van der Waals surface area contributed by atoms with Crippen molar-refractivity contribution in [2.24, 2.45) is 11.8 Å². The Balaban J connectivity index is 1.35. The third-order valence-corrected chi connectivity index (χ3v) is 10.2. The van der Waals surface area contributed by atoms with Crippen LogP contribution in [0.15, 0.2) is 12.2 Å². The van der Waals surface area contributed by atoms with Gasteiger partial charge in [0.1, 0.15) is 35.6 Å². The molecule has 8 atom stereocenters. The molecule has 2 aliphatic carbocycles. The van der Waals surface area contributed by atoms with E-state index in [-0.39, 0.29) is 44.1 Å². The van der Waals surface area contributed by atoms with E-state index in [0.29, 0.717) is 12.8 Å². The van der Waals surface area contributed by atoms with E-state index in [1.165, 1.54) is 4.90 Å². The fraction of sp³-hybridized carbons (Fsp3) is 0.812. The Kier molecular flexibility index (Phi) is 11.0. The van der Waals surface area contributed by atoms with Gasteiger partial charge in [-0.05, 0) is 85.7 Å². The maximum absolute atomic E-state index is 15.0. The number of ether oxygens (including phenoxy) is 1. The molecule has 0 aromatic carbocycles. The van der Waals surface area contributed by atoms with Gasteiger partial charge < -0.3 is 30.3 Å². The third kappa shape index (κ3) is 8.09. The molecule has 5 rings (SSSR count). The summed E-state index contributed by atoms with van der Waals surface area (Å²) in [5, 5.41) is 17.2.